The molecular weight excluding hydrogens is 162 g/mol. The summed E-state index contributed by atoms with van der Waals surface area (Å²) in [6.45, 7) is 3.04. The fraction of sp³-hybridized carbons (Fsp3) is 0.455. The summed E-state index contributed by atoms with van der Waals surface area (Å²) in [6, 6.07) is 6.29. The van der Waals surface area contributed by atoms with Crippen molar-refractivity contribution in [2.24, 2.45) is 0 Å². The molecule has 13 heavy (non-hydrogen) atoms. The average Bonchev–Trinajstić information content (AvgIpc) is 2.03. The number of methoxy groups -OCH3 is 1. The molecule has 0 aliphatic rings. The molecule has 0 radical (unpaired) electrons. The molecule has 0 heterocycles. The van der Waals surface area contributed by atoms with Crippen LogP contribution in [-0.2, 0) is 6.54 Å². The average molecular weight is 179 g/mol. The van der Waals surface area contributed by atoms with Crippen molar-refractivity contribution in [3.63, 3.8) is 0 Å². The van der Waals surface area contributed by atoms with E-state index in [-0.39, 0.29) is 0 Å². The summed E-state index contributed by atoms with van der Waals surface area (Å²) in [4.78, 5) is 2.15. The molecule has 0 amide bonds. The Kier molecular flexibility index (Phi) is 3.32. The molecule has 0 aromatic heterocycles. The Morgan fingerprint density at radius 1 is 1.31 bits per heavy atom. The van der Waals surface area contributed by atoms with E-state index in [1.807, 2.05) is 6.07 Å². The van der Waals surface area contributed by atoms with Crippen molar-refractivity contribution in [2.45, 2.75) is 13.5 Å². The fourth-order valence-corrected chi connectivity index (χ4v) is 1.40. The predicted molar refractivity (Wildman–Crippen MR) is 55.1 cm³/mol. The molecular formula is C11H17NO. The highest BCUT2D eigenvalue weighted by atomic mass is 16.5. The second kappa shape index (κ2) is 4.28. The third kappa shape index (κ3) is 2.74. The van der Waals surface area contributed by atoms with E-state index in [9.17, 15) is 0 Å². The molecule has 0 atom stereocenters. The molecule has 0 saturated heterocycles. The number of hydrogen-bond acceptors (Lipinski definition) is 2. The van der Waals surface area contributed by atoms with Gasteiger partial charge in [0.05, 0.1) is 7.11 Å². The molecule has 2 heteroatoms. The first-order chi connectivity index (χ1) is 6.13. The van der Waals surface area contributed by atoms with E-state index in [2.05, 4.69) is 38.1 Å². The van der Waals surface area contributed by atoms with Gasteiger partial charge in [0.15, 0.2) is 0 Å². The minimum absolute atomic E-state index is 0.961. The van der Waals surface area contributed by atoms with Crippen LogP contribution >= 0.6 is 0 Å². The Morgan fingerprint density at radius 2 is 2.00 bits per heavy atom. The SMILES string of the molecule is COc1ccc(CN(C)C)cc1C. The van der Waals surface area contributed by atoms with Crippen LogP contribution in [0, 0.1) is 6.92 Å². The van der Waals surface area contributed by atoms with Gasteiger partial charge in [-0.15, -0.1) is 0 Å². The van der Waals surface area contributed by atoms with Gasteiger partial charge in [0.2, 0.25) is 0 Å². The number of ether oxygens (including phenoxy) is 1. The van der Waals surface area contributed by atoms with Gasteiger partial charge in [-0.2, -0.15) is 0 Å². The van der Waals surface area contributed by atoms with Crippen molar-refractivity contribution in [1.29, 1.82) is 0 Å². The first kappa shape index (κ1) is 10.1. The zero-order valence-electron chi connectivity index (χ0n) is 8.79. The summed E-state index contributed by atoms with van der Waals surface area (Å²) in [7, 11) is 5.84. The van der Waals surface area contributed by atoms with Gasteiger partial charge in [-0.05, 0) is 38.2 Å². The normalized spacial score (nSPS) is 10.5. The molecule has 0 spiro atoms. The van der Waals surface area contributed by atoms with Crippen LogP contribution in [0.5, 0.6) is 5.75 Å². The number of rotatable bonds is 3. The molecule has 0 N–H and O–H groups in total. The van der Waals surface area contributed by atoms with Gasteiger partial charge >= 0.3 is 0 Å². The maximum Gasteiger partial charge on any atom is 0.121 e. The molecule has 0 saturated carbocycles. The summed E-state index contributed by atoms with van der Waals surface area (Å²) in [5.41, 5.74) is 2.52. The van der Waals surface area contributed by atoms with Crippen LogP contribution < -0.4 is 4.74 Å². The summed E-state index contributed by atoms with van der Waals surface area (Å²) in [6.07, 6.45) is 0. The van der Waals surface area contributed by atoms with Gasteiger partial charge in [-0.1, -0.05) is 12.1 Å². The molecule has 0 unspecified atom stereocenters. The van der Waals surface area contributed by atoms with E-state index in [1.165, 1.54) is 11.1 Å². The van der Waals surface area contributed by atoms with E-state index in [1.54, 1.807) is 7.11 Å². The lowest BCUT2D eigenvalue weighted by Crippen LogP contribution is -2.10. The molecule has 0 bridgehead atoms. The van der Waals surface area contributed by atoms with E-state index < -0.39 is 0 Å². The van der Waals surface area contributed by atoms with E-state index in [0.717, 1.165) is 12.3 Å². The fourth-order valence-electron chi connectivity index (χ4n) is 1.40. The summed E-state index contributed by atoms with van der Waals surface area (Å²) < 4.78 is 5.19. The number of benzene rings is 1. The number of aryl methyl sites for hydroxylation is 1. The van der Waals surface area contributed by atoms with Gasteiger partial charge in [-0.25, -0.2) is 0 Å². The number of nitrogens with zero attached hydrogens (tertiary/aromatic N) is 1. The van der Waals surface area contributed by atoms with Crippen LogP contribution in [0.15, 0.2) is 18.2 Å². The smallest absolute Gasteiger partial charge is 0.121 e. The summed E-state index contributed by atoms with van der Waals surface area (Å²) in [5, 5.41) is 0. The maximum absolute atomic E-state index is 5.19. The lowest BCUT2D eigenvalue weighted by molar-refractivity contribution is 0.398. The van der Waals surface area contributed by atoms with Crippen molar-refractivity contribution >= 4 is 0 Å². The van der Waals surface area contributed by atoms with Crippen LogP contribution in [0.3, 0.4) is 0 Å². The highest BCUT2D eigenvalue weighted by Gasteiger charge is 2.00. The third-order valence-electron chi connectivity index (χ3n) is 1.96. The first-order valence-corrected chi connectivity index (χ1v) is 4.41. The lowest BCUT2D eigenvalue weighted by atomic mass is 10.1. The summed E-state index contributed by atoms with van der Waals surface area (Å²) >= 11 is 0. The molecule has 1 rings (SSSR count). The topological polar surface area (TPSA) is 12.5 Å². The standard InChI is InChI=1S/C11H17NO/c1-9-7-10(8-12(2)3)5-6-11(9)13-4/h5-7H,8H2,1-4H3. The van der Waals surface area contributed by atoms with E-state index in [0.29, 0.717) is 0 Å². The molecule has 2 nitrogen and oxygen atoms in total. The molecule has 1 aromatic carbocycles. The molecule has 0 fully saturated rings. The highest BCUT2D eigenvalue weighted by molar-refractivity contribution is 5.36. The Morgan fingerprint density at radius 3 is 2.46 bits per heavy atom. The maximum atomic E-state index is 5.19. The monoisotopic (exact) mass is 179 g/mol. The molecule has 0 aliphatic heterocycles. The van der Waals surface area contributed by atoms with Crippen LogP contribution in [0.25, 0.3) is 0 Å². The Bertz CT molecular complexity index is 281. The van der Waals surface area contributed by atoms with Crippen LogP contribution in [0.2, 0.25) is 0 Å². The predicted octanol–water partition coefficient (Wildman–Crippen LogP) is 2.07. The third-order valence-corrected chi connectivity index (χ3v) is 1.96. The Labute approximate surface area is 80.1 Å². The van der Waals surface area contributed by atoms with Crippen molar-refractivity contribution < 1.29 is 4.74 Å². The molecule has 0 aliphatic carbocycles. The van der Waals surface area contributed by atoms with Gasteiger partial charge in [0, 0.05) is 6.54 Å². The second-order valence-electron chi connectivity index (χ2n) is 3.54. The molecule has 1 aromatic rings. The van der Waals surface area contributed by atoms with Crippen LogP contribution in [0.1, 0.15) is 11.1 Å². The minimum atomic E-state index is 0.961. The minimum Gasteiger partial charge on any atom is -0.496 e. The largest absolute Gasteiger partial charge is 0.496 e. The van der Waals surface area contributed by atoms with Gasteiger partial charge in [0.25, 0.3) is 0 Å². The van der Waals surface area contributed by atoms with E-state index >= 15 is 0 Å². The second-order valence-corrected chi connectivity index (χ2v) is 3.54. The zero-order valence-corrected chi connectivity index (χ0v) is 8.79. The van der Waals surface area contributed by atoms with Crippen LogP contribution in [0.4, 0.5) is 0 Å². The van der Waals surface area contributed by atoms with Gasteiger partial charge in [-0.3, -0.25) is 0 Å². The lowest BCUT2D eigenvalue weighted by Gasteiger charge is -2.11. The molecule has 72 valence electrons. The van der Waals surface area contributed by atoms with Crippen LogP contribution in [-0.4, -0.2) is 26.1 Å². The summed E-state index contributed by atoms with van der Waals surface area (Å²) in [5.74, 6) is 0.961. The quantitative estimate of drug-likeness (QED) is 0.704. The Balaban J connectivity index is 2.83. The van der Waals surface area contributed by atoms with Crippen molar-refractivity contribution in [3.8, 4) is 5.75 Å². The van der Waals surface area contributed by atoms with E-state index in [4.69, 9.17) is 4.74 Å². The van der Waals surface area contributed by atoms with Crippen molar-refractivity contribution in [3.05, 3.63) is 29.3 Å². The van der Waals surface area contributed by atoms with Gasteiger partial charge < -0.3 is 9.64 Å². The van der Waals surface area contributed by atoms with Crippen molar-refractivity contribution in [2.75, 3.05) is 21.2 Å². The van der Waals surface area contributed by atoms with Crippen molar-refractivity contribution in [1.82, 2.24) is 4.90 Å². The highest BCUT2D eigenvalue weighted by Crippen LogP contribution is 2.18. The zero-order chi connectivity index (χ0) is 9.84. The van der Waals surface area contributed by atoms with Gasteiger partial charge in [0.1, 0.15) is 5.75 Å². The first-order valence-electron chi connectivity index (χ1n) is 4.41. The Hall–Kier alpha value is -1.02. The number of hydrogen-bond donors (Lipinski definition) is 0.